The molecule has 1 heterocycles. The SMILES string of the molecule is Cc1ccc(NS(=O)(=O)c2ccc(C#N)nc2)cc1C. The molecule has 0 saturated carbocycles. The fraction of sp³-hybridized carbons (Fsp3) is 0.143. The number of aromatic nitrogens is 1. The normalized spacial score (nSPS) is 10.8. The highest BCUT2D eigenvalue weighted by atomic mass is 32.2. The van der Waals surface area contributed by atoms with Gasteiger partial charge in [-0.3, -0.25) is 4.72 Å². The third kappa shape index (κ3) is 2.95. The van der Waals surface area contributed by atoms with E-state index in [0.717, 1.165) is 11.1 Å². The van der Waals surface area contributed by atoms with Crippen LogP contribution in [0.25, 0.3) is 0 Å². The van der Waals surface area contributed by atoms with E-state index in [4.69, 9.17) is 5.26 Å². The molecule has 20 heavy (non-hydrogen) atoms. The van der Waals surface area contributed by atoms with Gasteiger partial charge in [-0.15, -0.1) is 0 Å². The van der Waals surface area contributed by atoms with Crippen molar-refractivity contribution in [2.45, 2.75) is 18.7 Å². The summed E-state index contributed by atoms with van der Waals surface area (Å²) in [6, 6.07) is 9.89. The van der Waals surface area contributed by atoms with E-state index in [-0.39, 0.29) is 10.6 Å². The maximum Gasteiger partial charge on any atom is 0.263 e. The maximum absolute atomic E-state index is 12.2. The van der Waals surface area contributed by atoms with Gasteiger partial charge in [-0.05, 0) is 49.2 Å². The molecule has 5 nitrogen and oxygen atoms in total. The third-order valence-corrected chi connectivity index (χ3v) is 4.29. The van der Waals surface area contributed by atoms with Crippen LogP contribution in [-0.4, -0.2) is 13.4 Å². The van der Waals surface area contributed by atoms with Gasteiger partial charge in [0.2, 0.25) is 0 Å². The van der Waals surface area contributed by atoms with Crippen LogP contribution < -0.4 is 4.72 Å². The van der Waals surface area contributed by atoms with Crippen molar-refractivity contribution in [3.63, 3.8) is 0 Å². The second-order valence-electron chi connectivity index (χ2n) is 4.40. The maximum atomic E-state index is 12.2. The lowest BCUT2D eigenvalue weighted by molar-refractivity contribution is 0.601. The van der Waals surface area contributed by atoms with E-state index in [1.54, 1.807) is 12.1 Å². The lowest BCUT2D eigenvalue weighted by atomic mass is 10.1. The lowest BCUT2D eigenvalue weighted by Crippen LogP contribution is -2.13. The van der Waals surface area contributed by atoms with Crippen LogP contribution in [0.5, 0.6) is 0 Å². The van der Waals surface area contributed by atoms with Crippen molar-refractivity contribution in [3.8, 4) is 6.07 Å². The number of aryl methyl sites for hydroxylation is 2. The Morgan fingerprint density at radius 1 is 1.15 bits per heavy atom. The van der Waals surface area contributed by atoms with E-state index in [1.165, 1.54) is 18.3 Å². The average Bonchev–Trinajstić information content (AvgIpc) is 2.43. The van der Waals surface area contributed by atoms with Crippen molar-refractivity contribution in [1.82, 2.24) is 4.98 Å². The van der Waals surface area contributed by atoms with Gasteiger partial charge in [0.1, 0.15) is 16.7 Å². The number of pyridine rings is 1. The van der Waals surface area contributed by atoms with Crippen LogP contribution in [0, 0.1) is 25.2 Å². The summed E-state index contributed by atoms with van der Waals surface area (Å²) in [7, 11) is -3.69. The van der Waals surface area contributed by atoms with Crippen LogP contribution in [0.3, 0.4) is 0 Å². The number of nitriles is 1. The first-order chi connectivity index (χ1) is 9.42. The summed E-state index contributed by atoms with van der Waals surface area (Å²) in [6.07, 6.45) is 1.17. The summed E-state index contributed by atoms with van der Waals surface area (Å²) >= 11 is 0. The molecular weight excluding hydrogens is 274 g/mol. The van der Waals surface area contributed by atoms with Gasteiger partial charge in [0.15, 0.2) is 0 Å². The molecule has 0 unspecified atom stereocenters. The number of nitrogens with one attached hydrogen (secondary N) is 1. The summed E-state index contributed by atoms with van der Waals surface area (Å²) in [5, 5.41) is 8.65. The summed E-state index contributed by atoms with van der Waals surface area (Å²) in [4.78, 5) is 3.78. The summed E-state index contributed by atoms with van der Waals surface area (Å²) < 4.78 is 26.8. The van der Waals surface area contributed by atoms with Crippen molar-refractivity contribution in [2.75, 3.05) is 4.72 Å². The molecule has 1 N–H and O–H groups in total. The monoisotopic (exact) mass is 287 g/mol. The Hall–Kier alpha value is -2.39. The van der Waals surface area contributed by atoms with E-state index < -0.39 is 10.0 Å². The number of hydrogen-bond acceptors (Lipinski definition) is 4. The van der Waals surface area contributed by atoms with Gasteiger partial charge < -0.3 is 0 Å². The van der Waals surface area contributed by atoms with Gasteiger partial charge in [-0.2, -0.15) is 5.26 Å². The minimum absolute atomic E-state index is 0.0229. The van der Waals surface area contributed by atoms with Crippen LogP contribution in [0.2, 0.25) is 0 Å². The highest BCUT2D eigenvalue weighted by Gasteiger charge is 2.14. The minimum atomic E-state index is -3.69. The summed E-state index contributed by atoms with van der Waals surface area (Å²) in [6.45, 7) is 3.87. The zero-order chi connectivity index (χ0) is 14.8. The second-order valence-corrected chi connectivity index (χ2v) is 6.08. The van der Waals surface area contributed by atoms with E-state index in [0.29, 0.717) is 5.69 Å². The Morgan fingerprint density at radius 2 is 1.90 bits per heavy atom. The first kappa shape index (κ1) is 14.0. The Bertz CT molecular complexity index is 775. The predicted octanol–water partition coefficient (Wildman–Crippen LogP) is 2.37. The molecule has 6 heteroatoms. The molecule has 0 spiro atoms. The molecule has 1 aromatic carbocycles. The molecular formula is C14H13N3O2S. The molecule has 2 rings (SSSR count). The van der Waals surface area contributed by atoms with Gasteiger partial charge in [0.05, 0.1) is 0 Å². The molecule has 0 amide bonds. The van der Waals surface area contributed by atoms with Gasteiger partial charge in [-0.1, -0.05) is 6.07 Å². The predicted molar refractivity (Wildman–Crippen MR) is 75.7 cm³/mol. The number of nitrogens with zero attached hydrogens (tertiary/aromatic N) is 2. The van der Waals surface area contributed by atoms with Gasteiger partial charge >= 0.3 is 0 Å². The number of hydrogen-bond donors (Lipinski definition) is 1. The average molecular weight is 287 g/mol. The highest BCUT2D eigenvalue weighted by molar-refractivity contribution is 7.92. The first-order valence-corrected chi connectivity index (χ1v) is 7.37. The summed E-state index contributed by atoms with van der Waals surface area (Å²) in [5.41, 5.74) is 2.77. The van der Waals surface area contributed by atoms with Crippen LogP contribution in [0.1, 0.15) is 16.8 Å². The van der Waals surface area contributed by atoms with Crippen LogP contribution in [-0.2, 0) is 10.0 Å². The molecule has 1 aromatic heterocycles. The topological polar surface area (TPSA) is 82.9 Å². The van der Waals surface area contributed by atoms with Gasteiger partial charge in [-0.25, -0.2) is 13.4 Å². The summed E-state index contributed by atoms with van der Waals surface area (Å²) in [5.74, 6) is 0. The highest BCUT2D eigenvalue weighted by Crippen LogP contribution is 2.18. The van der Waals surface area contributed by atoms with Crippen LogP contribution >= 0.6 is 0 Å². The Balaban J connectivity index is 2.30. The molecule has 0 aliphatic rings. The van der Waals surface area contributed by atoms with Crippen LogP contribution in [0.15, 0.2) is 41.4 Å². The zero-order valence-electron chi connectivity index (χ0n) is 11.1. The smallest absolute Gasteiger partial charge is 0.263 e. The third-order valence-electron chi connectivity index (χ3n) is 2.92. The number of rotatable bonds is 3. The lowest BCUT2D eigenvalue weighted by Gasteiger charge is -2.09. The number of anilines is 1. The zero-order valence-corrected chi connectivity index (χ0v) is 11.9. The van der Waals surface area contributed by atoms with Crippen molar-refractivity contribution in [1.29, 1.82) is 5.26 Å². The van der Waals surface area contributed by atoms with E-state index in [9.17, 15) is 8.42 Å². The fourth-order valence-corrected chi connectivity index (χ4v) is 2.62. The fourth-order valence-electron chi connectivity index (χ4n) is 1.62. The van der Waals surface area contributed by atoms with Gasteiger partial charge in [0.25, 0.3) is 10.0 Å². The number of benzene rings is 1. The molecule has 0 aliphatic carbocycles. The largest absolute Gasteiger partial charge is 0.280 e. The standard InChI is InChI=1S/C14H13N3O2S/c1-10-3-4-12(7-11(10)2)17-20(18,19)14-6-5-13(8-15)16-9-14/h3-7,9,17H,1-2H3. The molecule has 2 aromatic rings. The molecule has 0 atom stereocenters. The van der Waals surface area contributed by atoms with E-state index in [2.05, 4.69) is 9.71 Å². The molecule has 0 fully saturated rings. The van der Waals surface area contributed by atoms with Crippen molar-refractivity contribution in [3.05, 3.63) is 53.3 Å². The Kier molecular flexibility index (Phi) is 3.72. The quantitative estimate of drug-likeness (QED) is 0.939. The number of sulfonamides is 1. The van der Waals surface area contributed by atoms with Gasteiger partial charge in [0, 0.05) is 11.9 Å². The molecule has 0 radical (unpaired) electrons. The van der Waals surface area contributed by atoms with Crippen LogP contribution in [0.4, 0.5) is 5.69 Å². The second kappa shape index (κ2) is 5.31. The van der Waals surface area contributed by atoms with Crippen molar-refractivity contribution in [2.24, 2.45) is 0 Å². The van der Waals surface area contributed by atoms with E-state index in [1.807, 2.05) is 26.0 Å². The molecule has 0 bridgehead atoms. The molecule has 102 valence electrons. The molecule has 0 saturated heterocycles. The molecule has 0 aliphatic heterocycles. The van der Waals surface area contributed by atoms with Crippen molar-refractivity contribution < 1.29 is 8.42 Å². The Morgan fingerprint density at radius 3 is 2.45 bits per heavy atom. The first-order valence-electron chi connectivity index (χ1n) is 5.88. The Labute approximate surface area is 118 Å². The van der Waals surface area contributed by atoms with Crippen molar-refractivity contribution >= 4 is 15.7 Å². The minimum Gasteiger partial charge on any atom is -0.280 e. The van der Waals surface area contributed by atoms with E-state index >= 15 is 0 Å².